The molecule has 0 spiro atoms. The van der Waals surface area contributed by atoms with Gasteiger partial charge in [0.25, 0.3) is 0 Å². The van der Waals surface area contributed by atoms with Crippen molar-refractivity contribution in [3.05, 3.63) is 65.0 Å². The first-order valence-corrected chi connectivity index (χ1v) is 7.03. The number of hydrogen-bond donors (Lipinski definition) is 1. The molecule has 0 bridgehead atoms. The predicted molar refractivity (Wildman–Crippen MR) is 89.1 cm³/mol. The second kappa shape index (κ2) is 5.48. The van der Waals surface area contributed by atoms with Crippen LogP contribution in [0.4, 0.5) is 5.69 Å². The largest absolute Gasteiger partial charge is 0.322 e. The van der Waals surface area contributed by atoms with Crippen LogP contribution in [0.3, 0.4) is 0 Å². The van der Waals surface area contributed by atoms with E-state index in [0.717, 1.165) is 27.7 Å². The van der Waals surface area contributed by atoms with Crippen molar-refractivity contribution in [2.24, 2.45) is 0 Å². The molecule has 0 aliphatic rings. The maximum absolute atomic E-state index is 11.8. The maximum atomic E-state index is 11.8. The number of anilines is 1. The number of carbonyl (C=O) groups excluding carboxylic acids is 1. The second-order valence-electron chi connectivity index (χ2n) is 5.22. The number of amides is 1. The molecule has 3 rings (SSSR count). The normalized spacial score (nSPS) is 10.6. The van der Waals surface area contributed by atoms with E-state index in [1.165, 1.54) is 6.92 Å². The monoisotopic (exact) mass is 292 g/mol. The fourth-order valence-electron chi connectivity index (χ4n) is 2.49. The van der Waals surface area contributed by atoms with Gasteiger partial charge in [-0.3, -0.25) is 9.59 Å². The van der Waals surface area contributed by atoms with Gasteiger partial charge in [0.1, 0.15) is 0 Å². The number of hydrogen-bond acceptors (Lipinski definition) is 2. The van der Waals surface area contributed by atoms with Crippen LogP contribution >= 0.6 is 0 Å². The molecule has 2 aromatic carbocycles. The molecule has 110 valence electrons. The number of benzene rings is 2. The van der Waals surface area contributed by atoms with Gasteiger partial charge in [0.15, 0.2) is 0 Å². The van der Waals surface area contributed by atoms with E-state index in [1.54, 1.807) is 18.0 Å². The summed E-state index contributed by atoms with van der Waals surface area (Å²) in [5.74, 6) is -0.0191. The third-order valence-corrected chi connectivity index (χ3v) is 3.79. The van der Waals surface area contributed by atoms with E-state index in [2.05, 4.69) is 4.98 Å². The van der Waals surface area contributed by atoms with Crippen LogP contribution in [0.5, 0.6) is 0 Å². The summed E-state index contributed by atoms with van der Waals surface area (Å²) in [4.78, 5) is 27.7. The van der Waals surface area contributed by atoms with Crippen molar-refractivity contribution in [1.82, 2.24) is 4.98 Å². The van der Waals surface area contributed by atoms with Gasteiger partial charge in [-0.2, -0.15) is 0 Å². The molecule has 1 heterocycles. The Balaban J connectivity index is 2.12. The smallest absolute Gasteiger partial charge is 0.249 e. The number of aromatic nitrogens is 1. The van der Waals surface area contributed by atoms with Gasteiger partial charge in [-0.15, -0.1) is 0 Å². The molecule has 4 nitrogen and oxygen atoms in total. The van der Waals surface area contributed by atoms with Crippen LogP contribution < -0.4 is 10.5 Å². The Bertz CT molecular complexity index is 895. The Morgan fingerprint density at radius 2 is 1.73 bits per heavy atom. The van der Waals surface area contributed by atoms with Crippen molar-refractivity contribution >= 4 is 22.5 Å². The van der Waals surface area contributed by atoms with Gasteiger partial charge >= 0.3 is 0 Å². The molecule has 0 aliphatic heterocycles. The number of para-hydroxylation sites is 1. The highest BCUT2D eigenvalue weighted by atomic mass is 16.2. The Kier molecular flexibility index (Phi) is 3.51. The summed E-state index contributed by atoms with van der Waals surface area (Å²) in [7, 11) is 1.74. The highest BCUT2D eigenvalue weighted by molar-refractivity contribution is 5.95. The molecule has 0 aliphatic carbocycles. The van der Waals surface area contributed by atoms with Gasteiger partial charge in [0.2, 0.25) is 11.5 Å². The third kappa shape index (κ3) is 2.51. The summed E-state index contributed by atoms with van der Waals surface area (Å²) >= 11 is 0. The molecule has 0 radical (unpaired) electrons. The van der Waals surface area contributed by atoms with Crippen LogP contribution in [0.1, 0.15) is 6.92 Å². The molecule has 1 amide bonds. The van der Waals surface area contributed by atoms with E-state index in [9.17, 15) is 9.59 Å². The molecule has 1 aromatic heterocycles. The van der Waals surface area contributed by atoms with E-state index in [-0.39, 0.29) is 11.5 Å². The highest BCUT2D eigenvalue weighted by Crippen LogP contribution is 2.27. The van der Waals surface area contributed by atoms with E-state index < -0.39 is 0 Å². The Labute approximate surface area is 128 Å². The number of H-pyrrole nitrogens is 1. The zero-order chi connectivity index (χ0) is 15.7. The average Bonchev–Trinajstić information content (AvgIpc) is 2.53. The molecule has 1 N–H and O–H groups in total. The number of carbonyl (C=O) groups is 1. The van der Waals surface area contributed by atoms with Gasteiger partial charge in [-0.05, 0) is 29.3 Å². The van der Waals surface area contributed by atoms with Crippen LogP contribution in [-0.2, 0) is 4.79 Å². The summed E-state index contributed by atoms with van der Waals surface area (Å²) in [6.45, 7) is 1.53. The molecular formula is C18H16N2O2. The molecule has 0 saturated heterocycles. The summed E-state index contributed by atoms with van der Waals surface area (Å²) in [5, 5.41) is 0.995. The molecule has 0 atom stereocenters. The first-order valence-electron chi connectivity index (χ1n) is 7.03. The molecule has 0 unspecified atom stereocenters. The van der Waals surface area contributed by atoms with Crippen molar-refractivity contribution in [3.8, 4) is 11.1 Å². The SMILES string of the molecule is CC(=O)N(C)c1ccc(-c2cc(=O)[nH]c3ccccc23)cc1. The van der Waals surface area contributed by atoms with Gasteiger partial charge in [-0.1, -0.05) is 30.3 Å². The first-order chi connectivity index (χ1) is 10.6. The first kappa shape index (κ1) is 14.1. The second-order valence-corrected chi connectivity index (χ2v) is 5.22. The number of nitrogens with one attached hydrogen (secondary N) is 1. The van der Waals surface area contributed by atoms with Crippen molar-refractivity contribution in [2.45, 2.75) is 6.92 Å². The number of fused-ring (bicyclic) bond motifs is 1. The molecule has 22 heavy (non-hydrogen) atoms. The minimum atomic E-state index is -0.126. The Hall–Kier alpha value is -2.88. The summed E-state index contributed by atoms with van der Waals surface area (Å²) in [6.07, 6.45) is 0. The minimum Gasteiger partial charge on any atom is -0.322 e. The quantitative estimate of drug-likeness (QED) is 0.788. The fraction of sp³-hybridized carbons (Fsp3) is 0.111. The molecule has 4 heteroatoms. The van der Waals surface area contributed by atoms with E-state index in [1.807, 2.05) is 48.5 Å². The topological polar surface area (TPSA) is 53.2 Å². The van der Waals surface area contributed by atoms with Crippen LogP contribution in [0.25, 0.3) is 22.0 Å². The minimum absolute atomic E-state index is 0.0191. The maximum Gasteiger partial charge on any atom is 0.249 e. The number of nitrogens with zero attached hydrogens (tertiary/aromatic N) is 1. The predicted octanol–water partition coefficient (Wildman–Crippen LogP) is 3.18. The zero-order valence-electron chi connectivity index (χ0n) is 12.5. The summed E-state index contributed by atoms with van der Waals surface area (Å²) < 4.78 is 0. The van der Waals surface area contributed by atoms with Crippen molar-refractivity contribution in [1.29, 1.82) is 0 Å². The summed E-state index contributed by atoms with van der Waals surface area (Å²) in [5.41, 5.74) is 3.35. The lowest BCUT2D eigenvalue weighted by Gasteiger charge is -2.15. The van der Waals surface area contributed by atoms with Crippen LogP contribution in [0, 0.1) is 0 Å². The lowest BCUT2D eigenvalue weighted by molar-refractivity contribution is -0.116. The zero-order valence-corrected chi connectivity index (χ0v) is 12.5. The fourth-order valence-corrected chi connectivity index (χ4v) is 2.49. The summed E-state index contributed by atoms with van der Waals surface area (Å²) in [6, 6.07) is 16.9. The van der Waals surface area contributed by atoms with E-state index in [0.29, 0.717) is 0 Å². The van der Waals surface area contributed by atoms with Gasteiger partial charge in [0, 0.05) is 36.6 Å². The number of pyridine rings is 1. The van der Waals surface area contributed by atoms with Gasteiger partial charge in [-0.25, -0.2) is 0 Å². The van der Waals surface area contributed by atoms with Gasteiger partial charge in [0.05, 0.1) is 0 Å². The third-order valence-electron chi connectivity index (χ3n) is 3.79. The lowest BCUT2D eigenvalue weighted by Crippen LogP contribution is -2.22. The van der Waals surface area contributed by atoms with Crippen molar-refractivity contribution in [3.63, 3.8) is 0 Å². The van der Waals surface area contributed by atoms with E-state index >= 15 is 0 Å². The van der Waals surface area contributed by atoms with Gasteiger partial charge < -0.3 is 9.88 Å². The Morgan fingerprint density at radius 3 is 2.41 bits per heavy atom. The van der Waals surface area contributed by atoms with Crippen LogP contribution in [-0.4, -0.2) is 17.9 Å². The highest BCUT2D eigenvalue weighted by Gasteiger charge is 2.08. The van der Waals surface area contributed by atoms with Crippen LogP contribution in [0.2, 0.25) is 0 Å². The number of aromatic amines is 1. The lowest BCUT2D eigenvalue weighted by atomic mass is 10.0. The molecule has 0 saturated carbocycles. The van der Waals surface area contributed by atoms with E-state index in [4.69, 9.17) is 0 Å². The number of rotatable bonds is 2. The molecule has 3 aromatic rings. The van der Waals surface area contributed by atoms with Crippen molar-refractivity contribution < 1.29 is 4.79 Å². The van der Waals surface area contributed by atoms with Crippen molar-refractivity contribution in [2.75, 3.05) is 11.9 Å². The molecule has 0 fully saturated rings. The average molecular weight is 292 g/mol. The molecular weight excluding hydrogens is 276 g/mol. The Morgan fingerprint density at radius 1 is 1.05 bits per heavy atom. The standard InChI is InChI=1S/C18H16N2O2/c1-12(21)20(2)14-9-7-13(8-10-14)16-11-18(22)19-17-6-4-3-5-15(16)17/h3-11H,1-2H3,(H,19,22). The van der Waals surface area contributed by atoms with Crippen LogP contribution in [0.15, 0.2) is 59.4 Å².